The molecule has 0 amide bonds. The van der Waals surface area contributed by atoms with E-state index < -0.39 is 0 Å². The highest BCUT2D eigenvalue weighted by atomic mass is 32.1. The van der Waals surface area contributed by atoms with Crippen LogP contribution in [0, 0.1) is 0 Å². The summed E-state index contributed by atoms with van der Waals surface area (Å²) >= 11 is 1.87. The van der Waals surface area contributed by atoms with Gasteiger partial charge in [0.2, 0.25) is 0 Å². The van der Waals surface area contributed by atoms with Gasteiger partial charge in [-0.3, -0.25) is 0 Å². The summed E-state index contributed by atoms with van der Waals surface area (Å²) in [4.78, 5) is 0. The summed E-state index contributed by atoms with van der Waals surface area (Å²) < 4.78 is 13.5. The van der Waals surface area contributed by atoms with Crippen LogP contribution in [0.5, 0.6) is 0 Å². The van der Waals surface area contributed by atoms with Crippen LogP contribution in [-0.4, -0.2) is 9.13 Å². The predicted molar refractivity (Wildman–Crippen MR) is 358 cm³/mol. The van der Waals surface area contributed by atoms with Gasteiger partial charge in [-0.25, -0.2) is 0 Å². The van der Waals surface area contributed by atoms with Crippen LogP contribution >= 0.6 is 11.3 Å². The van der Waals surface area contributed by atoms with Crippen molar-refractivity contribution >= 4 is 119 Å². The molecule has 0 bridgehead atoms. The second-order valence-corrected chi connectivity index (χ2v) is 23.1. The van der Waals surface area contributed by atoms with Crippen molar-refractivity contribution in [3.63, 3.8) is 0 Å². The molecule has 18 rings (SSSR count). The van der Waals surface area contributed by atoms with Crippen molar-refractivity contribution in [2.45, 2.75) is 0 Å². The molecule has 0 atom stereocenters. The highest BCUT2D eigenvalue weighted by Crippen LogP contribution is 2.41. The molecule has 4 heterocycles. The minimum absolute atomic E-state index is 0.921. The van der Waals surface area contributed by atoms with E-state index in [0.29, 0.717) is 0 Å². The van der Waals surface area contributed by atoms with Gasteiger partial charge in [0.15, 0.2) is 0 Å². The molecule has 0 N–H and O–H groups in total. The van der Waals surface area contributed by atoms with Crippen molar-refractivity contribution < 1.29 is 4.42 Å². The highest BCUT2D eigenvalue weighted by molar-refractivity contribution is 7.25. The molecular weight excluding hydrogens is 1040 g/mol. The Hall–Kier alpha value is -10.8. The maximum absolute atomic E-state index is 6.08. The van der Waals surface area contributed by atoms with Crippen LogP contribution in [0.4, 0.5) is 0 Å². The number of rotatable bonds is 6. The first-order chi connectivity index (χ1) is 41.6. The molecule has 0 spiro atoms. The number of hydrogen-bond donors (Lipinski definition) is 0. The van der Waals surface area contributed by atoms with Gasteiger partial charge in [0.1, 0.15) is 11.2 Å². The number of furan rings is 1. The fourth-order valence-electron chi connectivity index (χ4n) is 13.1. The number of thiophene rings is 1. The lowest BCUT2D eigenvalue weighted by Crippen LogP contribution is -1.93. The highest BCUT2D eigenvalue weighted by Gasteiger charge is 2.17. The van der Waals surface area contributed by atoms with Crippen LogP contribution in [0.3, 0.4) is 0 Å². The van der Waals surface area contributed by atoms with Crippen molar-refractivity contribution in [3.05, 3.63) is 303 Å². The largest absolute Gasteiger partial charge is 0.456 e. The summed E-state index contributed by atoms with van der Waals surface area (Å²) in [6, 6.07) is 110. The van der Waals surface area contributed by atoms with Gasteiger partial charge in [-0.1, -0.05) is 200 Å². The quantitative estimate of drug-likeness (QED) is 0.163. The summed E-state index contributed by atoms with van der Waals surface area (Å²) in [6.45, 7) is 0. The van der Waals surface area contributed by atoms with E-state index in [4.69, 9.17) is 4.42 Å². The number of hydrogen-bond acceptors (Lipinski definition) is 2. The van der Waals surface area contributed by atoms with Crippen LogP contribution in [0.2, 0.25) is 0 Å². The standard InChI is InChI=1S/C40H25NO.C40H25NS/c1-2-10-31-26(8-1)9-7-13-32(31)27-16-20-30(21-17-27)41-37-14-5-3-11-33(37)35-24-28(18-22-38(35)41)29-19-23-40-36(25-29)34-12-4-6-15-39(34)42-40;1-2-8-28-23-29(14-13-26(28)7-1)27-15-19-32(20-16-27)41-37-11-5-3-9-33(37)35-24-30(17-21-38(35)41)31-18-22-40-36(25-31)34-10-4-6-12-39(34)42-40/h2*1-25H. The summed E-state index contributed by atoms with van der Waals surface area (Å²) in [6.07, 6.45) is 0. The van der Waals surface area contributed by atoms with Crippen LogP contribution in [-0.2, 0) is 0 Å². The Balaban J connectivity index is 0.000000132. The van der Waals surface area contributed by atoms with Gasteiger partial charge in [-0.05, 0) is 169 Å². The Bertz CT molecular complexity index is 5610. The Morgan fingerprint density at radius 3 is 1.36 bits per heavy atom. The third kappa shape index (κ3) is 7.95. The van der Waals surface area contributed by atoms with Crippen LogP contribution in [0.1, 0.15) is 0 Å². The number of benzene rings is 14. The van der Waals surface area contributed by atoms with E-state index in [2.05, 4.69) is 300 Å². The average molecular weight is 1090 g/mol. The van der Waals surface area contributed by atoms with Crippen LogP contribution < -0.4 is 0 Å². The van der Waals surface area contributed by atoms with E-state index in [0.717, 1.165) is 27.6 Å². The normalized spacial score (nSPS) is 11.8. The summed E-state index contributed by atoms with van der Waals surface area (Å²) in [5, 5.41) is 15.1. The lowest BCUT2D eigenvalue weighted by Gasteiger charge is -2.11. The van der Waals surface area contributed by atoms with Gasteiger partial charge < -0.3 is 13.6 Å². The van der Waals surface area contributed by atoms with Crippen molar-refractivity contribution in [1.29, 1.82) is 0 Å². The molecule has 4 aromatic heterocycles. The molecule has 3 nitrogen and oxygen atoms in total. The number of nitrogens with zero attached hydrogens (tertiary/aromatic N) is 2. The van der Waals surface area contributed by atoms with Crippen molar-refractivity contribution in [3.8, 4) is 55.9 Å². The fourth-order valence-corrected chi connectivity index (χ4v) is 14.2. The number of fused-ring (bicyclic) bond motifs is 14. The van der Waals surface area contributed by atoms with Gasteiger partial charge in [-0.2, -0.15) is 0 Å². The zero-order valence-corrected chi connectivity index (χ0v) is 46.4. The predicted octanol–water partition coefficient (Wildman–Crippen LogP) is 22.8. The lowest BCUT2D eigenvalue weighted by atomic mass is 9.98. The van der Waals surface area contributed by atoms with Crippen molar-refractivity contribution in [1.82, 2.24) is 9.13 Å². The molecule has 0 aliphatic rings. The fraction of sp³-hybridized carbons (Fsp3) is 0. The van der Waals surface area contributed by atoms with E-state index in [-0.39, 0.29) is 0 Å². The van der Waals surface area contributed by atoms with E-state index in [9.17, 15) is 0 Å². The zero-order chi connectivity index (χ0) is 55.2. The minimum atomic E-state index is 0.921. The number of aromatic nitrogens is 2. The summed E-state index contributed by atoms with van der Waals surface area (Å²) in [7, 11) is 0. The summed E-state index contributed by atoms with van der Waals surface area (Å²) in [5.41, 5.74) is 18.9. The smallest absolute Gasteiger partial charge is 0.135 e. The lowest BCUT2D eigenvalue weighted by molar-refractivity contribution is 0.669. The molecule has 0 radical (unpaired) electrons. The minimum Gasteiger partial charge on any atom is -0.456 e. The number of para-hydroxylation sites is 3. The SMILES string of the molecule is c1ccc2c(-c3ccc(-n4c5ccccc5c5cc(-c6ccc7oc8ccccc8c7c6)ccc54)cc3)cccc2c1.c1ccc2cc(-c3ccc(-n4c5ccccc5c5cc(-c6ccc7sc8ccccc8c7c6)ccc54)cc3)ccc2c1. The van der Waals surface area contributed by atoms with Crippen LogP contribution in [0.15, 0.2) is 308 Å². The topological polar surface area (TPSA) is 23.0 Å². The van der Waals surface area contributed by atoms with Gasteiger partial charge in [0.25, 0.3) is 0 Å². The van der Waals surface area contributed by atoms with Gasteiger partial charge in [0, 0.05) is 63.9 Å². The van der Waals surface area contributed by atoms with E-state index in [1.807, 2.05) is 23.5 Å². The Morgan fingerprint density at radius 2 is 0.667 bits per heavy atom. The molecule has 0 aliphatic carbocycles. The average Bonchev–Trinajstić information content (AvgIpc) is 4.52. The van der Waals surface area contributed by atoms with Gasteiger partial charge >= 0.3 is 0 Å². The second kappa shape index (κ2) is 19.5. The molecule has 0 unspecified atom stereocenters. The summed E-state index contributed by atoms with van der Waals surface area (Å²) in [5.74, 6) is 0. The molecule has 4 heteroatoms. The maximum atomic E-state index is 6.08. The monoisotopic (exact) mass is 1090 g/mol. The van der Waals surface area contributed by atoms with E-state index in [1.54, 1.807) is 0 Å². The molecule has 84 heavy (non-hydrogen) atoms. The third-order valence-electron chi connectivity index (χ3n) is 17.2. The Labute approximate surface area is 488 Å². The molecule has 14 aromatic carbocycles. The van der Waals surface area contributed by atoms with E-state index in [1.165, 1.54) is 136 Å². The van der Waals surface area contributed by atoms with Crippen molar-refractivity contribution in [2.75, 3.05) is 0 Å². The first kappa shape index (κ1) is 48.0. The van der Waals surface area contributed by atoms with Crippen molar-refractivity contribution in [2.24, 2.45) is 0 Å². The van der Waals surface area contributed by atoms with Crippen LogP contribution in [0.25, 0.3) is 163 Å². The molecule has 0 saturated carbocycles. The van der Waals surface area contributed by atoms with Gasteiger partial charge in [-0.15, -0.1) is 11.3 Å². The Kier molecular flexibility index (Phi) is 11.1. The molecule has 0 fully saturated rings. The maximum Gasteiger partial charge on any atom is 0.135 e. The Morgan fingerprint density at radius 1 is 0.226 bits per heavy atom. The second-order valence-electron chi connectivity index (χ2n) is 22.0. The zero-order valence-electron chi connectivity index (χ0n) is 45.6. The molecule has 0 saturated heterocycles. The third-order valence-corrected chi connectivity index (χ3v) is 18.4. The molecular formula is C80H50N2OS. The van der Waals surface area contributed by atoms with E-state index >= 15 is 0 Å². The van der Waals surface area contributed by atoms with Gasteiger partial charge in [0.05, 0.1) is 22.1 Å². The first-order valence-electron chi connectivity index (χ1n) is 28.7. The first-order valence-corrected chi connectivity index (χ1v) is 29.5. The molecule has 392 valence electrons. The molecule has 18 aromatic rings. The molecule has 0 aliphatic heterocycles.